The molecule has 0 spiro atoms. The first kappa shape index (κ1) is 16.6. The molecule has 0 atom stereocenters. The number of rotatable bonds is 5. The Labute approximate surface area is 151 Å². The van der Waals surface area contributed by atoms with Gasteiger partial charge in [0, 0.05) is 5.38 Å². The molecule has 4 nitrogen and oxygen atoms in total. The quantitative estimate of drug-likeness (QED) is 0.633. The summed E-state index contributed by atoms with van der Waals surface area (Å²) in [6.07, 6.45) is 1.92. The lowest BCUT2D eigenvalue weighted by atomic mass is 10.3. The highest BCUT2D eigenvalue weighted by Gasteiger charge is 2.17. The molecule has 0 aromatic carbocycles. The molecule has 0 unspecified atom stereocenters. The van der Waals surface area contributed by atoms with E-state index in [4.69, 9.17) is 11.6 Å². The van der Waals surface area contributed by atoms with Crippen LogP contribution in [-0.2, 0) is 6.42 Å². The summed E-state index contributed by atoms with van der Waals surface area (Å²) in [6.45, 7) is 3.97. The Morgan fingerprint density at radius 1 is 1.30 bits per heavy atom. The van der Waals surface area contributed by atoms with Crippen molar-refractivity contribution >= 4 is 56.7 Å². The van der Waals surface area contributed by atoms with E-state index in [-0.39, 0.29) is 5.91 Å². The van der Waals surface area contributed by atoms with Gasteiger partial charge in [-0.3, -0.25) is 10.1 Å². The average Bonchev–Trinajstić information content (AvgIpc) is 3.20. The van der Waals surface area contributed by atoms with E-state index in [0.717, 1.165) is 38.5 Å². The molecule has 120 valence electrons. The lowest BCUT2D eigenvalue weighted by molar-refractivity contribution is 0.103. The number of thiophene rings is 1. The third kappa shape index (κ3) is 3.80. The monoisotopic (exact) mass is 383 g/mol. The molecule has 0 saturated carbocycles. The number of aromatic nitrogens is 2. The zero-order valence-corrected chi connectivity index (χ0v) is 15.8. The minimum Gasteiger partial charge on any atom is -0.297 e. The largest absolute Gasteiger partial charge is 0.297 e. The van der Waals surface area contributed by atoms with E-state index in [0.29, 0.717) is 10.0 Å². The van der Waals surface area contributed by atoms with Crippen LogP contribution in [0, 0.1) is 6.92 Å². The minimum absolute atomic E-state index is 0.146. The molecule has 0 aliphatic rings. The molecule has 1 amide bonds. The summed E-state index contributed by atoms with van der Waals surface area (Å²) in [4.78, 5) is 23.0. The minimum atomic E-state index is -0.146. The summed E-state index contributed by atoms with van der Waals surface area (Å²) in [5.74, 6) is -0.146. The Kier molecular flexibility index (Phi) is 5.11. The van der Waals surface area contributed by atoms with E-state index in [1.807, 2.05) is 24.4 Å². The zero-order valence-electron chi connectivity index (χ0n) is 12.6. The SMILES string of the molecule is CCCc1nc(C)c(C(=O)Nc2nc(-c3ccc(Cl)s3)cs2)s1. The summed E-state index contributed by atoms with van der Waals surface area (Å²) in [7, 11) is 0. The molecule has 3 heterocycles. The van der Waals surface area contributed by atoms with Crippen LogP contribution in [-0.4, -0.2) is 15.9 Å². The molecular weight excluding hydrogens is 370 g/mol. The second kappa shape index (κ2) is 7.09. The van der Waals surface area contributed by atoms with Crippen molar-refractivity contribution in [2.45, 2.75) is 26.7 Å². The molecule has 0 saturated heterocycles. The molecule has 0 bridgehead atoms. The molecule has 3 rings (SSSR count). The van der Waals surface area contributed by atoms with Crippen LogP contribution in [0.1, 0.15) is 33.7 Å². The van der Waals surface area contributed by atoms with Crippen LogP contribution in [0.4, 0.5) is 5.13 Å². The van der Waals surface area contributed by atoms with Gasteiger partial charge in [-0.25, -0.2) is 9.97 Å². The predicted octanol–water partition coefficient (Wildman–Crippen LogP) is 5.49. The van der Waals surface area contributed by atoms with Crippen LogP contribution in [0.15, 0.2) is 17.5 Å². The van der Waals surface area contributed by atoms with Crippen molar-refractivity contribution in [2.24, 2.45) is 0 Å². The van der Waals surface area contributed by atoms with Crippen molar-refractivity contribution in [3.63, 3.8) is 0 Å². The summed E-state index contributed by atoms with van der Waals surface area (Å²) < 4.78 is 0.724. The van der Waals surface area contributed by atoms with Crippen LogP contribution in [0.25, 0.3) is 10.6 Å². The number of thiazole rings is 2. The van der Waals surface area contributed by atoms with E-state index in [1.165, 1.54) is 34.0 Å². The van der Waals surface area contributed by atoms with Crippen molar-refractivity contribution in [1.82, 2.24) is 9.97 Å². The fourth-order valence-corrected chi connectivity index (χ4v) is 4.88. The second-order valence-electron chi connectivity index (χ2n) is 4.87. The Morgan fingerprint density at radius 2 is 2.13 bits per heavy atom. The molecular formula is C15H14ClN3OS3. The highest BCUT2D eigenvalue weighted by Crippen LogP contribution is 2.33. The smallest absolute Gasteiger partial charge is 0.269 e. The maximum absolute atomic E-state index is 12.4. The van der Waals surface area contributed by atoms with E-state index < -0.39 is 0 Å². The highest BCUT2D eigenvalue weighted by atomic mass is 35.5. The number of hydrogen-bond acceptors (Lipinski definition) is 6. The summed E-state index contributed by atoms with van der Waals surface area (Å²) >= 11 is 10.3. The molecule has 1 N–H and O–H groups in total. The van der Waals surface area contributed by atoms with Gasteiger partial charge in [-0.15, -0.1) is 34.0 Å². The number of amides is 1. The van der Waals surface area contributed by atoms with Gasteiger partial charge in [0.15, 0.2) is 5.13 Å². The van der Waals surface area contributed by atoms with Crippen LogP contribution in [0.2, 0.25) is 4.34 Å². The Bertz CT molecular complexity index is 837. The number of anilines is 1. The maximum Gasteiger partial charge on any atom is 0.269 e. The topological polar surface area (TPSA) is 54.9 Å². The van der Waals surface area contributed by atoms with Crippen LogP contribution in [0.5, 0.6) is 0 Å². The van der Waals surface area contributed by atoms with Crippen molar-refractivity contribution in [3.05, 3.63) is 37.4 Å². The molecule has 23 heavy (non-hydrogen) atoms. The molecule has 0 radical (unpaired) electrons. The average molecular weight is 384 g/mol. The Balaban J connectivity index is 1.74. The maximum atomic E-state index is 12.4. The number of nitrogens with zero attached hydrogens (tertiary/aromatic N) is 2. The fourth-order valence-electron chi connectivity index (χ4n) is 2.03. The standard InChI is InChI=1S/C15H14ClN3OS3/c1-3-4-12-17-8(2)13(23-12)14(20)19-15-18-9(7-21-15)10-5-6-11(16)22-10/h5-7H,3-4H2,1-2H3,(H,18,19,20). The molecule has 8 heteroatoms. The van der Waals surface area contributed by atoms with Gasteiger partial charge < -0.3 is 0 Å². The second-order valence-corrected chi connectivity index (χ2v) is 8.52. The predicted molar refractivity (Wildman–Crippen MR) is 99.2 cm³/mol. The molecule has 0 aliphatic carbocycles. The number of hydrogen-bond donors (Lipinski definition) is 1. The van der Waals surface area contributed by atoms with Crippen LogP contribution in [0.3, 0.4) is 0 Å². The molecule has 3 aromatic rings. The van der Waals surface area contributed by atoms with Gasteiger partial charge in [-0.2, -0.15) is 0 Å². The summed E-state index contributed by atoms with van der Waals surface area (Å²) in [5.41, 5.74) is 1.60. The molecule has 0 fully saturated rings. The molecule has 3 aromatic heterocycles. The van der Waals surface area contributed by atoms with E-state index in [1.54, 1.807) is 0 Å². The fraction of sp³-hybridized carbons (Fsp3) is 0.267. The number of halogens is 1. The van der Waals surface area contributed by atoms with Crippen LogP contribution < -0.4 is 5.32 Å². The number of carbonyl (C=O) groups is 1. The third-order valence-electron chi connectivity index (χ3n) is 3.06. The van der Waals surface area contributed by atoms with Gasteiger partial charge in [0.1, 0.15) is 4.88 Å². The van der Waals surface area contributed by atoms with E-state index in [2.05, 4.69) is 22.2 Å². The van der Waals surface area contributed by atoms with Gasteiger partial charge in [0.05, 0.1) is 25.6 Å². The number of carbonyl (C=O) groups excluding carboxylic acids is 1. The highest BCUT2D eigenvalue weighted by molar-refractivity contribution is 7.20. The van der Waals surface area contributed by atoms with Crippen molar-refractivity contribution < 1.29 is 4.79 Å². The van der Waals surface area contributed by atoms with Gasteiger partial charge >= 0.3 is 0 Å². The van der Waals surface area contributed by atoms with E-state index in [9.17, 15) is 4.79 Å². The lowest BCUT2D eigenvalue weighted by Crippen LogP contribution is -2.11. The van der Waals surface area contributed by atoms with Crippen molar-refractivity contribution in [3.8, 4) is 10.6 Å². The first-order valence-electron chi connectivity index (χ1n) is 7.05. The van der Waals surface area contributed by atoms with Crippen LogP contribution >= 0.6 is 45.6 Å². The van der Waals surface area contributed by atoms with E-state index >= 15 is 0 Å². The zero-order chi connectivity index (χ0) is 16.4. The van der Waals surface area contributed by atoms with Crippen molar-refractivity contribution in [2.75, 3.05) is 5.32 Å². The van der Waals surface area contributed by atoms with Gasteiger partial charge in [0.2, 0.25) is 0 Å². The normalized spacial score (nSPS) is 10.9. The first-order valence-corrected chi connectivity index (χ1v) is 9.94. The van der Waals surface area contributed by atoms with Gasteiger partial charge in [-0.05, 0) is 31.9 Å². The van der Waals surface area contributed by atoms with Gasteiger partial charge in [-0.1, -0.05) is 18.5 Å². The van der Waals surface area contributed by atoms with Crippen molar-refractivity contribution in [1.29, 1.82) is 0 Å². The lowest BCUT2D eigenvalue weighted by Gasteiger charge is -1.99. The number of nitrogens with one attached hydrogen (secondary N) is 1. The number of aryl methyl sites for hydroxylation is 2. The Morgan fingerprint density at radius 3 is 2.83 bits per heavy atom. The van der Waals surface area contributed by atoms with Gasteiger partial charge in [0.25, 0.3) is 5.91 Å². The third-order valence-corrected chi connectivity index (χ3v) is 6.29. The Hall–Kier alpha value is -1.28. The summed E-state index contributed by atoms with van der Waals surface area (Å²) in [6, 6.07) is 3.77. The summed E-state index contributed by atoms with van der Waals surface area (Å²) in [5, 5.41) is 6.36. The first-order chi connectivity index (χ1) is 11.1. The molecule has 0 aliphatic heterocycles.